The van der Waals surface area contributed by atoms with Crippen molar-refractivity contribution in [3.63, 3.8) is 0 Å². The van der Waals surface area contributed by atoms with E-state index in [9.17, 15) is 19.5 Å². The highest BCUT2D eigenvalue weighted by Gasteiger charge is 2.22. The molecule has 1 heterocycles. The lowest BCUT2D eigenvalue weighted by Crippen LogP contribution is -2.36. The van der Waals surface area contributed by atoms with Crippen molar-refractivity contribution in [2.75, 3.05) is 23.7 Å². The third kappa shape index (κ3) is 7.31. The van der Waals surface area contributed by atoms with Crippen molar-refractivity contribution < 1.29 is 19.5 Å². The molecule has 0 aliphatic carbocycles. The predicted octanol–water partition coefficient (Wildman–Crippen LogP) is 5.29. The second-order valence-corrected chi connectivity index (χ2v) is 10.2. The Balaban J connectivity index is 1.43. The number of rotatable bonds is 8. The Morgan fingerprint density at radius 1 is 0.900 bits per heavy atom. The van der Waals surface area contributed by atoms with Crippen LogP contribution in [-0.2, 0) is 11.2 Å². The lowest BCUT2D eigenvalue weighted by molar-refractivity contribution is -0.138. The molecule has 0 saturated carbocycles. The Morgan fingerprint density at radius 2 is 1.55 bits per heavy atom. The number of aliphatic imine (C=N–C) groups is 1. The molecule has 0 bridgehead atoms. The van der Waals surface area contributed by atoms with Crippen molar-refractivity contribution in [1.82, 2.24) is 4.90 Å². The number of benzene rings is 3. The number of carboxylic acid groups (broad SMARTS) is 1. The number of amides is 2. The highest BCUT2D eigenvalue weighted by molar-refractivity contribution is 6.40. The SMILES string of the molecule is NC(=N[C@@H](Cc1ccc(NC(=O)c2c(Cl)cccc2Cl)cc1)C(=O)O)Nc1ccccc1C(=O)N1CCCCC1. The minimum Gasteiger partial charge on any atom is -0.480 e. The molecule has 0 spiro atoms. The summed E-state index contributed by atoms with van der Waals surface area (Å²) in [5.41, 5.74) is 8.31. The molecule has 0 aromatic heterocycles. The van der Waals surface area contributed by atoms with Crippen LogP contribution in [0.3, 0.4) is 0 Å². The molecular formula is C29H29Cl2N5O4. The summed E-state index contributed by atoms with van der Waals surface area (Å²) in [5.74, 6) is -1.84. The molecule has 2 amide bonds. The maximum absolute atomic E-state index is 13.1. The first-order valence-corrected chi connectivity index (χ1v) is 13.5. The van der Waals surface area contributed by atoms with Crippen LogP contribution in [0.25, 0.3) is 0 Å². The van der Waals surface area contributed by atoms with Crippen LogP contribution in [0.2, 0.25) is 10.0 Å². The molecule has 9 nitrogen and oxygen atoms in total. The average Bonchev–Trinajstić information content (AvgIpc) is 2.94. The second kappa shape index (κ2) is 13.3. The largest absolute Gasteiger partial charge is 0.480 e. The first-order chi connectivity index (χ1) is 19.2. The summed E-state index contributed by atoms with van der Waals surface area (Å²) in [6.45, 7) is 1.40. The zero-order valence-electron chi connectivity index (χ0n) is 21.6. The van der Waals surface area contributed by atoms with Crippen LogP contribution in [0.15, 0.2) is 71.7 Å². The molecule has 5 N–H and O–H groups in total. The van der Waals surface area contributed by atoms with E-state index in [1.165, 1.54) is 0 Å². The van der Waals surface area contributed by atoms with Gasteiger partial charge in [-0.25, -0.2) is 9.79 Å². The molecule has 40 heavy (non-hydrogen) atoms. The third-order valence-corrected chi connectivity index (χ3v) is 7.10. The van der Waals surface area contributed by atoms with Gasteiger partial charge in [0.15, 0.2) is 12.0 Å². The van der Waals surface area contributed by atoms with E-state index < -0.39 is 17.9 Å². The summed E-state index contributed by atoms with van der Waals surface area (Å²) in [6.07, 6.45) is 3.09. The van der Waals surface area contributed by atoms with E-state index in [-0.39, 0.29) is 33.9 Å². The van der Waals surface area contributed by atoms with Crippen molar-refractivity contribution >= 4 is 58.3 Å². The van der Waals surface area contributed by atoms with Gasteiger partial charge < -0.3 is 26.4 Å². The zero-order valence-corrected chi connectivity index (χ0v) is 23.1. The van der Waals surface area contributed by atoms with E-state index in [4.69, 9.17) is 28.9 Å². The number of piperidine rings is 1. The summed E-state index contributed by atoms with van der Waals surface area (Å²) in [6, 6.07) is 17.2. The van der Waals surface area contributed by atoms with Gasteiger partial charge in [0.2, 0.25) is 0 Å². The van der Waals surface area contributed by atoms with Gasteiger partial charge in [-0.1, -0.05) is 53.5 Å². The van der Waals surface area contributed by atoms with Crippen LogP contribution in [0.1, 0.15) is 45.5 Å². The van der Waals surface area contributed by atoms with Crippen molar-refractivity contribution in [2.24, 2.45) is 10.7 Å². The maximum Gasteiger partial charge on any atom is 0.328 e. The van der Waals surface area contributed by atoms with Crippen molar-refractivity contribution in [3.8, 4) is 0 Å². The number of para-hydroxylation sites is 1. The highest BCUT2D eigenvalue weighted by atomic mass is 35.5. The number of hydrogen-bond donors (Lipinski definition) is 4. The number of carbonyl (C=O) groups is 3. The van der Waals surface area contributed by atoms with Crippen molar-refractivity contribution in [1.29, 1.82) is 0 Å². The number of anilines is 2. The van der Waals surface area contributed by atoms with Gasteiger partial charge in [-0.3, -0.25) is 9.59 Å². The van der Waals surface area contributed by atoms with Gasteiger partial charge in [0, 0.05) is 25.2 Å². The quantitative estimate of drug-likeness (QED) is 0.210. The van der Waals surface area contributed by atoms with Crippen LogP contribution in [0, 0.1) is 0 Å². The van der Waals surface area contributed by atoms with Crippen LogP contribution in [-0.4, -0.2) is 52.9 Å². The molecule has 1 aliphatic heterocycles. The number of aliphatic carboxylic acids is 1. The standard InChI is InChI=1S/C29H29Cl2N5O4/c30-21-8-6-9-22(31)25(21)26(37)33-19-13-11-18(12-14-19)17-24(28(39)40)35-29(32)34-23-10-3-2-7-20(23)27(38)36-15-4-1-5-16-36/h2-3,6-14,24H,1,4-5,15-17H2,(H,33,37)(H,39,40)(H3,32,34,35)/t24-/m0/s1. The number of likely N-dealkylation sites (tertiary alicyclic amines) is 1. The number of carboxylic acids is 1. The van der Waals surface area contributed by atoms with Crippen LogP contribution in [0.5, 0.6) is 0 Å². The number of nitrogens with two attached hydrogens (primary N) is 1. The molecule has 1 saturated heterocycles. The highest BCUT2D eigenvalue weighted by Crippen LogP contribution is 2.25. The fourth-order valence-electron chi connectivity index (χ4n) is 4.43. The molecular weight excluding hydrogens is 553 g/mol. The Hall–Kier alpha value is -4.08. The van der Waals surface area contributed by atoms with Crippen LogP contribution < -0.4 is 16.4 Å². The predicted molar refractivity (Wildman–Crippen MR) is 157 cm³/mol. The van der Waals surface area contributed by atoms with E-state index >= 15 is 0 Å². The number of halogens is 2. The molecule has 208 valence electrons. The fraction of sp³-hybridized carbons (Fsp3) is 0.241. The summed E-state index contributed by atoms with van der Waals surface area (Å²) in [5, 5.41) is 15.9. The minimum absolute atomic E-state index is 0.0522. The van der Waals surface area contributed by atoms with Crippen LogP contribution >= 0.6 is 23.2 Å². The summed E-state index contributed by atoms with van der Waals surface area (Å²) >= 11 is 12.2. The summed E-state index contributed by atoms with van der Waals surface area (Å²) in [7, 11) is 0. The monoisotopic (exact) mass is 581 g/mol. The smallest absolute Gasteiger partial charge is 0.328 e. The van der Waals surface area contributed by atoms with Crippen molar-refractivity contribution in [3.05, 3.63) is 93.5 Å². The second-order valence-electron chi connectivity index (χ2n) is 9.34. The number of guanidine groups is 1. The topological polar surface area (TPSA) is 137 Å². The Morgan fingerprint density at radius 3 is 2.20 bits per heavy atom. The van der Waals surface area contributed by atoms with E-state index in [0.717, 1.165) is 19.3 Å². The summed E-state index contributed by atoms with van der Waals surface area (Å²) in [4.78, 5) is 43.6. The van der Waals surface area contributed by atoms with E-state index in [1.807, 2.05) is 4.90 Å². The number of nitrogens with zero attached hydrogens (tertiary/aromatic N) is 2. The van der Waals surface area contributed by atoms with E-state index in [0.29, 0.717) is 35.6 Å². The summed E-state index contributed by atoms with van der Waals surface area (Å²) < 4.78 is 0. The van der Waals surface area contributed by atoms with Gasteiger partial charge >= 0.3 is 5.97 Å². The normalized spacial score (nSPS) is 14.3. The number of nitrogens with one attached hydrogen (secondary N) is 2. The molecule has 0 unspecified atom stereocenters. The van der Waals surface area contributed by atoms with Gasteiger partial charge in [0.05, 0.1) is 26.9 Å². The molecule has 3 aromatic carbocycles. The molecule has 1 atom stereocenters. The Labute approximate surface area is 242 Å². The first kappa shape index (κ1) is 28.9. The zero-order chi connectivity index (χ0) is 28.6. The van der Waals surface area contributed by atoms with E-state index in [2.05, 4.69) is 15.6 Å². The fourth-order valence-corrected chi connectivity index (χ4v) is 5.00. The molecule has 1 aliphatic rings. The number of hydrogen-bond acceptors (Lipinski definition) is 4. The lowest BCUT2D eigenvalue weighted by atomic mass is 10.1. The maximum atomic E-state index is 13.1. The van der Waals surface area contributed by atoms with Gasteiger partial charge in [-0.05, 0) is 61.2 Å². The lowest BCUT2D eigenvalue weighted by Gasteiger charge is -2.27. The first-order valence-electron chi connectivity index (χ1n) is 12.8. The van der Waals surface area contributed by atoms with Gasteiger partial charge in [-0.15, -0.1) is 0 Å². The molecule has 0 radical (unpaired) electrons. The Bertz CT molecular complexity index is 1400. The molecule has 11 heteroatoms. The molecule has 4 rings (SSSR count). The van der Waals surface area contributed by atoms with Gasteiger partial charge in [0.25, 0.3) is 11.8 Å². The van der Waals surface area contributed by atoms with Gasteiger partial charge in [0.1, 0.15) is 0 Å². The number of carbonyl (C=O) groups excluding carboxylic acids is 2. The third-order valence-electron chi connectivity index (χ3n) is 6.47. The molecule has 1 fully saturated rings. The molecule has 3 aromatic rings. The Kier molecular flexibility index (Phi) is 9.63. The van der Waals surface area contributed by atoms with Crippen molar-refractivity contribution in [2.45, 2.75) is 31.7 Å². The van der Waals surface area contributed by atoms with Crippen LogP contribution in [0.4, 0.5) is 11.4 Å². The average molecular weight is 582 g/mol. The van der Waals surface area contributed by atoms with E-state index in [1.54, 1.807) is 66.7 Å². The minimum atomic E-state index is -1.18. The van der Waals surface area contributed by atoms with Gasteiger partial charge in [-0.2, -0.15) is 0 Å².